The van der Waals surface area contributed by atoms with Gasteiger partial charge in [-0.05, 0) is 43.7 Å². The smallest absolute Gasteiger partial charge is 0.263 e. The number of hydrogen-bond donors (Lipinski definition) is 1. The number of carbonyl (C=O) groups excluding carboxylic acids is 1. The normalized spacial score (nSPS) is 16.4. The number of fused-ring (bicyclic) bond motifs is 1. The van der Waals surface area contributed by atoms with Crippen LogP contribution in [0.4, 0.5) is 5.00 Å². The van der Waals surface area contributed by atoms with Gasteiger partial charge in [0.05, 0.1) is 0 Å². The molecule has 1 aliphatic rings. The molecule has 1 atom stereocenters. The van der Waals surface area contributed by atoms with Gasteiger partial charge in [0.1, 0.15) is 18.1 Å². The van der Waals surface area contributed by atoms with Gasteiger partial charge in [-0.1, -0.05) is 18.2 Å². The third-order valence-corrected chi connectivity index (χ3v) is 6.28. The Morgan fingerprint density at radius 3 is 2.62 bits per heavy atom. The summed E-state index contributed by atoms with van der Waals surface area (Å²) in [6, 6.07) is 13.7. The minimum atomic E-state index is 0.0834. The van der Waals surface area contributed by atoms with Crippen molar-refractivity contribution in [2.24, 2.45) is 0 Å². The second-order valence-corrected chi connectivity index (χ2v) is 7.99. The summed E-state index contributed by atoms with van der Waals surface area (Å²) in [5, 5.41) is 1.12. The third kappa shape index (κ3) is 3.16. The lowest BCUT2D eigenvalue weighted by Crippen LogP contribution is -3.12. The molecule has 3 heterocycles. The van der Waals surface area contributed by atoms with Crippen molar-refractivity contribution in [2.45, 2.75) is 26.9 Å². The first-order valence-electron chi connectivity index (χ1n) is 8.81. The van der Waals surface area contributed by atoms with Crippen LogP contribution in [0.5, 0.6) is 0 Å². The highest BCUT2D eigenvalue weighted by Crippen LogP contribution is 2.36. The SMILES string of the molecule is Cc1sc2c(c1C)C[NH+](Cc1ccncc1)CN2C(=O)c1ccccc1. The lowest BCUT2D eigenvalue weighted by Gasteiger charge is -2.33. The molecular formula is C21H22N3OS+. The van der Waals surface area contributed by atoms with E-state index in [-0.39, 0.29) is 5.91 Å². The molecule has 0 fully saturated rings. The van der Waals surface area contributed by atoms with Crippen molar-refractivity contribution in [2.75, 3.05) is 11.6 Å². The number of nitrogens with one attached hydrogen (secondary N) is 1. The van der Waals surface area contributed by atoms with Crippen molar-refractivity contribution in [3.63, 3.8) is 0 Å². The zero-order chi connectivity index (χ0) is 18.1. The van der Waals surface area contributed by atoms with Crippen LogP contribution < -0.4 is 9.80 Å². The standard InChI is InChI=1S/C21H21N3OS/c1-15-16(2)26-21-19(15)13-23(12-17-8-10-22-11-9-17)14-24(21)20(25)18-6-4-3-5-7-18/h3-11H,12-14H2,1-2H3/p+1. The molecule has 1 N–H and O–H groups in total. The Balaban J connectivity index is 1.68. The summed E-state index contributed by atoms with van der Waals surface area (Å²) in [5.74, 6) is 0.0834. The first kappa shape index (κ1) is 16.9. The number of thiophene rings is 1. The molecule has 5 heteroatoms. The molecule has 1 amide bonds. The van der Waals surface area contributed by atoms with Gasteiger partial charge in [0.2, 0.25) is 0 Å². The summed E-state index contributed by atoms with van der Waals surface area (Å²) < 4.78 is 0. The van der Waals surface area contributed by atoms with Gasteiger partial charge in [0.25, 0.3) is 5.91 Å². The van der Waals surface area contributed by atoms with E-state index in [1.165, 1.54) is 26.5 Å². The molecule has 4 nitrogen and oxygen atoms in total. The number of benzene rings is 1. The molecule has 132 valence electrons. The Bertz CT molecular complexity index is 921. The number of hydrogen-bond acceptors (Lipinski definition) is 3. The first-order valence-corrected chi connectivity index (χ1v) is 9.63. The van der Waals surface area contributed by atoms with Gasteiger partial charge in [0, 0.05) is 34.0 Å². The maximum absolute atomic E-state index is 13.2. The summed E-state index contributed by atoms with van der Waals surface area (Å²) in [7, 11) is 0. The maximum atomic E-state index is 13.2. The number of amides is 1. The predicted octanol–water partition coefficient (Wildman–Crippen LogP) is 2.96. The number of quaternary nitrogens is 1. The second kappa shape index (κ2) is 7.02. The van der Waals surface area contributed by atoms with E-state index in [1.807, 2.05) is 47.6 Å². The molecule has 26 heavy (non-hydrogen) atoms. The summed E-state index contributed by atoms with van der Waals surface area (Å²) >= 11 is 1.74. The quantitative estimate of drug-likeness (QED) is 0.776. The predicted molar refractivity (Wildman–Crippen MR) is 105 cm³/mol. The zero-order valence-electron chi connectivity index (χ0n) is 15.0. The number of nitrogens with zero attached hydrogens (tertiary/aromatic N) is 2. The molecule has 1 aromatic carbocycles. The molecule has 1 aliphatic heterocycles. The minimum absolute atomic E-state index is 0.0834. The molecule has 0 saturated heterocycles. The van der Waals surface area contributed by atoms with E-state index in [9.17, 15) is 4.79 Å². The number of carbonyl (C=O) groups is 1. The summed E-state index contributed by atoms with van der Waals surface area (Å²) in [6.45, 7) is 6.83. The maximum Gasteiger partial charge on any atom is 0.263 e. The lowest BCUT2D eigenvalue weighted by molar-refractivity contribution is -0.928. The number of pyridine rings is 1. The van der Waals surface area contributed by atoms with Gasteiger partial charge in [-0.15, -0.1) is 11.3 Å². The molecule has 3 aromatic rings. The highest BCUT2D eigenvalue weighted by Gasteiger charge is 2.33. The van der Waals surface area contributed by atoms with Crippen LogP contribution in [0, 0.1) is 13.8 Å². The van der Waals surface area contributed by atoms with Crippen LogP contribution in [0.2, 0.25) is 0 Å². The molecular weight excluding hydrogens is 342 g/mol. The molecule has 0 bridgehead atoms. The van der Waals surface area contributed by atoms with Gasteiger partial charge < -0.3 is 4.90 Å². The molecule has 0 radical (unpaired) electrons. The van der Waals surface area contributed by atoms with Crippen LogP contribution in [0.15, 0.2) is 54.9 Å². The monoisotopic (exact) mass is 364 g/mol. The van der Waals surface area contributed by atoms with Crippen molar-refractivity contribution in [1.82, 2.24) is 4.98 Å². The van der Waals surface area contributed by atoms with E-state index in [1.54, 1.807) is 11.3 Å². The number of anilines is 1. The van der Waals surface area contributed by atoms with Gasteiger partial charge in [-0.25, -0.2) is 0 Å². The Kier molecular flexibility index (Phi) is 4.57. The van der Waals surface area contributed by atoms with E-state index >= 15 is 0 Å². The molecule has 2 aromatic heterocycles. The third-order valence-electron chi connectivity index (χ3n) is 5.01. The summed E-state index contributed by atoms with van der Waals surface area (Å²) in [5.41, 5.74) is 4.62. The fourth-order valence-electron chi connectivity index (χ4n) is 3.49. The van der Waals surface area contributed by atoms with Crippen LogP contribution in [0.25, 0.3) is 0 Å². The van der Waals surface area contributed by atoms with Crippen molar-refractivity contribution < 1.29 is 9.69 Å². The van der Waals surface area contributed by atoms with E-state index in [0.717, 1.165) is 23.7 Å². The molecule has 0 spiro atoms. The summed E-state index contributed by atoms with van der Waals surface area (Å²) in [6.07, 6.45) is 3.66. The van der Waals surface area contributed by atoms with E-state index in [0.29, 0.717) is 6.67 Å². The van der Waals surface area contributed by atoms with Crippen molar-refractivity contribution in [3.8, 4) is 0 Å². The van der Waals surface area contributed by atoms with Crippen LogP contribution in [-0.2, 0) is 13.1 Å². The number of aromatic nitrogens is 1. The zero-order valence-corrected chi connectivity index (χ0v) is 15.8. The largest absolute Gasteiger partial charge is 0.310 e. The highest BCUT2D eigenvalue weighted by molar-refractivity contribution is 7.16. The average molecular weight is 364 g/mol. The van der Waals surface area contributed by atoms with Crippen LogP contribution in [0.1, 0.15) is 31.9 Å². The van der Waals surface area contributed by atoms with Crippen LogP contribution in [-0.4, -0.2) is 17.6 Å². The first-order chi connectivity index (χ1) is 12.6. The molecule has 1 unspecified atom stereocenters. The fraction of sp³-hybridized carbons (Fsp3) is 0.238. The van der Waals surface area contributed by atoms with Crippen molar-refractivity contribution in [3.05, 3.63) is 82.0 Å². The van der Waals surface area contributed by atoms with Crippen molar-refractivity contribution in [1.29, 1.82) is 0 Å². The van der Waals surface area contributed by atoms with Crippen LogP contribution in [0.3, 0.4) is 0 Å². The lowest BCUT2D eigenvalue weighted by atomic mass is 10.1. The van der Waals surface area contributed by atoms with E-state index in [4.69, 9.17) is 0 Å². The Labute approximate surface area is 157 Å². The van der Waals surface area contributed by atoms with Crippen molar-refractivity contribution >= 4 is 22.2 Å². The number of rotatable bonds is 3. The van der Waals surface area contributed by atoms with E-state index < -0.39 is 0 Å². The Morgan fingerprint density at radius 2 is 1.88 bits per heavy atom. The topological polar surface area (TPSA) is 37.6 Å². The van der Waals surface area contributed by atoms with Gasteiger partial charge in [-0.3, -0.25) is 14.7 Å². The Morgan fingerprint density at radius 1 is 1.15 bits per heavy atom. The minimum Gasteiger partial charge on any atom is -0.310 e. The average Bonchev–Trinajstić information content (AvgIpc) is 2.97. The fourth-order valence-corrected chi connectivity index (χ4v) is 4.66. The van der Waals surface area contributed by atoms with Gasteiger partial charge >= 0.3 is 0 Å². The molecule has 4 rings (SSSR count). The summed E-state index contributed by atoms with van der Waals surface area (Å²) in [4.78, 5) is 21.9. The van der Waals surface area contributed by atoms with Gasteiger partial charge in [0.15, 0.2) is 6.67 Å². The van der Waals surface area contributed by atoms with Crippen LogP contribution >= 0.6 is 11.3 Å². The molecule has 0 aliphatic carbocycles. The molecule has 0 saturated carbocycles. The van der Waals surface area contributed by atoms with E-state index in [2.05, 4.69) is 31.0 Å². The number of aryl methyl sites for hydroxylation is 1. The Hall–Kier alpha value is -2.50. The second-order valence-electron chi connectivity index (χ2n) is 6.78. The van der Waals surface area contributed by atoms with Gasteiger partial charge in [-0.2, -0.15) is 0 Å². The highest BCUT2D eigenvalue weighted by atomic mass is 32.1.